The maximum absolute atomic E-state index is 13.0. The van der Waals surface area contributed by atoms with Crippen LogP contribution >= 0.6 is 0 Å². The van der Waals surface area contributed by atoms with Crippen molar-refractivity contribution in [3.05, 3.63) is 65.1 Å². The molecule has 24 heavy (non-hydrogen) atoms. The van der Waals surface area contributed by atoms with Crippen LogP contribution in [0.5, 0.6) is 11.5 Å². The average Bonchev–Trinajstić information content (AvgIpc) is 2.96. The Bertz CT molecular complexity index is 841. The largest absolute Gasteiger partial charge is 0.493 e. The van der Waals surface area contributed by atoms with Crippen molar-refractivity contribution in [2.75, 3.05) is 14.2 Å². The van der Waals surface area contributed by atoms with Gasteiger partial charge in [-0.2, -0.15) is 0 Å². The van der Waals surface area contributed by atoms with Gasteiger partial charge in [-0.3, -0.25) is 0 Å². The third-order valence-corrected chi connectivity index (χ3v) is 3.42. The van der Waals surface area contributed by atoms with Gasteiger partial charge in [0, 0.05) is 5.56 Å². The van der Waals surface area contributed by atoms with Crippen LogP contribution in [-0.2, 0) is 9.53 Å². The summed E-state index contributed by atoms with van der Waals surface area (Å²) in [7, 11) is 3.08. The van der Waals surface area contributed by atoms with E-state index in [0.717, 1.165) is 0 Å². The summed E-state index contributed by atoms with van der Waals surface area (Å²) in [6.45, 7) is 0. The highest BCUT2D eigenvalue weighted by Crippen LogP contribution is 2.29. The van der Waals surface area contributed by atoms with Crippen LogP contribution in [0.1, 0.15) is 11.1 Å². The second kappa shape index (κ2) is 6.54. The molecule has 0 aliphatic carbocycles. The molecule has 0 spiro atoms. The number of ether oxygens (including phenoxy) is 3. The van der Waals surface area contributed by atoms with E-state index in [2.05, 4.69) is 4.99 Å². The second-order valence-corrected chi connectivity index (χ2v) is 4.96. The molecule has 5 nitrogen and oxygen atoms in total. The minimum atomic E-state index is -0.566. The van der Waals surface area contributed by atoms with Crippen molar-refractivity contribution in [2.45, 2.75) is 0 Å². The van der Waals surface area contributed by atoms with Gasteiger partial charge in [0.2, 0.25) is 5.90 Å². The van der Waals surface area contributed by atoms with E-state index in [-0.39, 0.29) is 17.4 Å². The molecule has 0 unspecified atom stereocenters. The highest BCUT2D eigenvalue weighted by molar-refractivity contribution is 6.12. The number of halogens is 1. The first kappa shape index (κ1) is 15.7. The van der Waals surface area contributed by atoms with E-state index in [1.165, 1.54) is 31.4 Å². The Hall–Kier alpha value is -3.15. The number of nitrogens with zero attached hydrogens (tertiary/aromatic N) is 1. The molecule has 0 amide bonds. The van der Waals surface area contributed by atoms with Gasteiger partial charge in [0.05, 0.1) is 14.2 Å². The first-order chi connectivity index (χ1) is 11.6. The number of benzene rings is 2. The van der Waals surface area contributed by atoms with E-state index in [1.54, 1.807) is 31.4 Å². The monoisotopic (exact) mass is 327 g/mol. The lowest BCUT2D eigenvalue weighted by atomic mass is 10.1. The van der Waals surface area contributed by atoms with E-state index in [9.17, 15) is 9.18 Å². The number of esters is 1. The Morgan fingerprint density at radius 2 is 1.75 bits per heavy atom. The van der Waals surface area contributed by atoms with Crippen molar-refractivity contribution in [1.82, 2.24) is 0 Å². The molecular formula is C18H14FNO4. The summed E-state index contributed by atoms with van der Waals surface area (Å²) >= 11 is 0. The van der Waals surface area contributed by atoms with E-state index < -0.39 is 5.97 Å². The van der Waals surface area contributed by atoms with Gasteiger partial charge < -0.3 is 14.2 Å². The summed E-state index contributed by atoms with van der Waals surface area (Å²) in [5.41, 5.74) is 1.39. The molecule has 0 N–H and O–H groups in total. The second-order valence-electron chi connectivity index (χ2n) is 4.96. The standard InChI is InChI=1S/C18H14FNO4/c1-22-15-8-3-11(10-16(15)23-2)9-14-18(21)24-17(20-14)12-4-6-13(19)7-5-12/h3-10H,1-2H3/b14-9+. The van der Waals surface area contributed by atoms with Gasteiger partial charge in [-0.05, 0) is 48.0 Å². The lowest BCUT2D eigenvalue weighted by molar-refractivity contribution is -0.129. The van der Waals surface area contributed by atoms with Crippen LogP contribution in [0.2, 0.25) is 0 Å². The minimum absolute atomic E-state index is 0.145. The van der Waals surface area contributed by atoms with Crippen LogP contribution in [0.3, 0.4) is 0 Å². The number of cyclic esters (lactones) is 1. The molecule has 0 aromatic heterocycles. The highest BCUT2D eigenvalue weighted by atomic mass is 19.1. The fourth-order valence-corrected chi connectivity index (χ4v) is 2.23. The third kappa shape index (κ3) is 3.12. The number of rotatable bonds is 4. The number of carbonyl (C=O) groups excluding carboxylic acids is 1. The first-order valence-electron chi connectivity index (χ1n) is 7.11. The molecule has 1 aliphatic rings. The quantitative estimate of drug-likeness (QED) is 0.639. The number of methoxy groups -OCH3 is 2. The van der Waals surface area contributed by atoms with Crippen LogP contribution in [0.15, 0.2) is 53.2 Å². The minimum Gasteiger partial charge on any atom is -0.493 e. The summed E-state index contributed by atoms with van der Waals surface area (Å²) in [6, 6.07) is 10.8. The van der Waals surface area contributed by atoms with Gasteiger partial charge in [-0.1, -0.05) is 6.07 Å². The molecule has 0 fully saturated rings. The molecule has 122 valence electrons. The topological polar surface area (TPSA) is 57.1 Å². The number of carbonyl (C=O) groups is 1. The summed E-state index contributed by atoms with van der Waals surface area (Å²) in [6.07, 6.45) is 1.58. The van der Waals surface area contributed by atoms with Crippen LogP contribution in [0.25, 0.3) is 6.08 Å². The molecule has 0 saturated carbocycles. The number of hydrogen-bond donors (Lipinski definition) is 0. The number of hydrogen-bond acceptors (Lipinski definition) is 5. The molecule has 0 bridgehead atoms. The molecule has 0 saturated heterocycles. The molecule has 0 atom stereocenters. The van der Waals surface area contributed by atoms with Gasteiger partial charge in [0.15, 0.2) is 17.2 Å². The average molecular weight is 327 g/mol. The summed E-state index contributed by atoms with van der Waals surface area (Å²) in [5, 5.41) is 0. The summed E-state index contributed by atoms with van der Waals surface area (Å²) in [5.74, 6) is 0.339. The van der Waals surface area contributed by atoms with Crippen molar-refractivity contribution >= 4 is 17.9 Å². The van der Waals surface area contributed by atoms with Crippen molar-refractivity contribution in [1.29, 1.82) is 0 Å². The molecule has 1 heterocycles. The zero-order valence-corrected chi connectivity index (χ0v) is 13.1. The van der Waals surface area contributed by atoms with Crippen molar-refractivity contribution < 1.29 is 23.4 Å². The van der Waals surface area contributed by atoms with Crippen molar-refractivity contribution in [3.63, 3.8) is 0 Å². The maximum atomic E-state index is 13.0. The Kier molecular flexibility index (Phi) is 4.29. The summed E-state index contributed by atoms with van der Waals surface area (Å²) in [4.78, 5) is 16.1. The van der Waals surface area contributed by atoms with Gasteiger partial charge in [-0.15, -0.1) is 0 Å². The normalized spacial score (nSPS) is 15.2. The smallest absolute Gasteiger partial charge is 0.363 e. The SMILES string of the molecule is COc1ccc(/C=C2/N=C(c3ccc(F)cc3)OC2=O)cc1OC. The highest BCUT2D eigenvalue weighted by Gasteiger charge is 2.24. The van der Waals surface area contributed by atoms with E-state index in [4.69, 9.17) is 14.2 Å². The van der Waals surface area contributed by atoms with Crippen LogP contribution < -0.4 is 9.47 Å². The molecule has 0 radical (unpaired) electrons. The van der Waals surface area contributed by atoms with E-state index in [1.807, 2.05) is 0 Å². The predicted molar refractivity (Wildman–Crippen MR) is 86.6 cm³/mol. The fraction of sp³-hybridized carbons (Fsp3) is 0.111. The lowest BCUT2D eigenvalue weighted by Gasteiger charge is -2.07. The van der Waals surface area contributed by atoms with Crippen LogP contribution in [0.4, 0.5) is 4.39 Å². The fourth-order valence-electron chi connectivity index (χ4n) is 2.23. The predicted octanol–water partition coefficient (Wildman–Crippen LogP) is 3.19. The first-order valence-corrected chi connectivity index (χ1v) is 7.11. The van der Waals surface area contributed by atoms with Gasteiger partial charge in [0.25, 0.3) is 0 Å². The molecule has 3 rings (SSSR count). The molecule has 2 aromatic carbocycles. The van der Waals surface area contributed by atoms with Gasteiger partial charge >= 0.3 is 5.97 Å². The Morgan fingerprint density at radius 3 is 2.42 bits per heavy atom. The Balaban J connectivity index is 1.92. The van der Waals surface area contributed by atoms with Crippen molar-refractivity contribution in [3.8, 4) is 11.5 Å². The summed E-state index contributed by atoms with van der Waals surface area (Å²) < 4.78 is 28.5. The molecule has 2 aromatic rings. The van der Waals surface area contributed by atoms with Gasteiger partial charge in [-0.25, -0.2) is 14.2 Å². The van der Waals surface area contributed by atoms with Crippen LogP contribution in [0, 0.1) is 5.82 Å². The number of aliphatic imine (C=N–C) groups is 1. The van der Waals surface area contributed by atoms with E-state index in [0.29, 0.717) is 22.6 Å². The molecule has 1 aliphatic heterocycles. The molecular weight excluding hydrogens is 313 g/mol. The Labute approximate surface area is 138 Å². The van der Waals surface area contributed by atoms with Crippen LogP contribution in [-0.4, -0.2) is 26.1 Å². The zero-order valence-electron chi connectivity index (χ0n) is 13.1. The zero-order chi connectivity index (χ0) is 17.1. The van der Waals surface area contributed by atoms with E-state index >= 15 is 0 Å². The molecule has 6 heteroatoms. The van der Waals surface area contributed by atoms with Crippen molar-refractivity contribution in [2.24, 2.45) is 4.99 Å². The maximum Gasteiger partial charge on any atom is 0.363 e. The van der Waals surface area contributed by atoms with Gasteiger partial charge in [0.1, 0.15) is 5.82 Å². The third-order valence-electron chi connectivity index (χ3n) is 3.42. The lowest BCUT2D eigenvalue weighted by Crippen LogP contribution is -2.05. The Morgan fingerprint density at radius 1 is 1.04 bits per heavy atom.